The first kappa shape index (κ1) is 23.7. The number of alkyl halides is 3. The van der Waals surface area contributed by atoms with Gasteiger partial charge in [0.05, 0.1) is 5.56 Å². The highest BCUT2D eigenvalue weighted by Crippen LogP contribution is 2.43. The smallest absolute Gasteiger partial charge is 0.398 e. The molecule has 2 N–H and O–H groups in total. The molecule has 8 heteroatoms. The van der Waals surface area contributed by atoms with Crippen molar-refractivity contribution in [1.82, 2.24) is 4.98 Å². The molecule has 0 unspecified atom stereocenters. The molecule has 0 amide bonds. The quantitative estimate of drug-likeness (QED) is 0.213. The Balaban J connectivity index is 1.50. The number of Topliss-reactive ketones (excluding diaryl/α,β-unsaturated/α-hetero) is 1. The number of carbonyl (C=O) groups excluding carboxylic acids is 1. The first-order chi connectivity index (χ1) is 15.6. The summed E-state index contributed by atoms with van der Waals surface area (Å²) in [5.41, 5.74) is 9.60. The van der Waals surface area contributed by atoms with Gasteiger partial charge in [0.2, 0.25) is 0 Å². The van der Waals surface area contributed by atoms with Gasteiger partial charge < -0.3 is 5.73 Å². The van der Waals surface area contributed by atoms with Crippen LogP contribution in [0.3, 0.4) is 0 Å². The van der Waals surface area contributed by atoms with E-state index in [1.807, 2.05) is 38.2 Å². The average molecular weight is 489 g/mol. The molecule has 1 saturated carbocycles. The molecule has 172 valence electrons. The number of ketones is 1. The minimum atomic E-state index is -4.43. The van der Waals surface area contributed by atoms with Crippen LogP contribution in [0.25, 0.3) is 0 Å². The number of nitrogen functional groups attached to an aromatic ring is 1. The molecule has 0 spiro atoms. The van der Waals surface area contributed by atoms with Gasteiger partial charge in [-0.05, 0) is 73.6 Å². The fraction of sp³-hybridized carbons (Fsp3) is 0.280. The lowest BCUT2D eigenvalue weighted by molar-refractivity contribution is -0.137. The van der Waals surface area contributed by atoms with Gasteiger partial charge in [-0.1, -0.05) is 45.4 Å². The van der Waals surface area contributed by atoms with E-state index in [-0.39, 0.29) is 17.9 Å². The van der Waals surface area contributed by atoms with Gasteiger partial charge in [0, 0.05) is 28.1 Å². The fourth-order valence-corrected chi connectivity index (χ4v) is 5.91. The molecule has 4 rings (SSSR count). The molecule has 0 saturated heterocycles. The Morgan fingerprint density at radius 1 is 1.06 bits per heavy atom. The number of aromatic nitrogens is 1. The van der Waals surface area contributed by atoms with Crippen LogP contribution in [-0.2, 0) is 12.6 Å². The monoisotopic (exact) mass is 488 g/mol. The van der Waals surface area contributed by atoms with E-state index in [1.54, 1.807) is 0 Å². The molecule has 0 atom stereocenters. The molecule has 1 heterocycles. The Labute approximate surface area is 198 Å². The standard InChI is InChI=1S/C25H23F3N2OS2/c1-14-3-7-22(32-33-23-8-6-19(12-20(23)29)25(26,27)28)17(9-14)11-21(31)24-15(2)10-18(13-30-24)16-4-5-16/h3,6-10,12-13,16H,4-5,11,29H2,1-2H3. The highest BCUT2D eigenvalue weighted by atomic mass is 33.1. The maximum absolute atomic E-state index is 13.0. The Bertz CT molecular complexity index is 1210. The van der Waals surface area contributed by atoms with E-state index in [4.69, 9.17) is 5.73 Å². The Kier molecular flexibility index (Phi) is 6.77. The van der Waals surface area contributed by atoms with E-state index in [9.17, 15) is 18.0 Å². The number of hydrogen-bond acceptors (Lipinski definition) is 5. The van der Waals surface area contributed by atoms with Crippen molar-refractivity contribution in [2.45, 2.75) is 55.0 Å². The highest BCUT2D eigenvalue weighted by Gasteiger charge is 2.31. The maximum Gasteiger partial charge on any atom is 0.416 e. The fourth-order valence-electron chi connectivity index (χ4n) is 3.60. The number of rotatable bonds is 7. The molecular weight excluding hydrogens is 465 g/mol. The molecule has 2 aromatic carbocycles. The lowest BCUT2D eigenvalue weighted by Gasteiger charge is -2.13. The van der Waals surface area contributed by atoms with Crippen LogP contribution in [-0.4, -0.2) is 10.8 Å². The van der Waals surface area contributed by atoms with E-state index in [0.717, 1.165) is 33.7 Å². The summed E-state index contributed by atoms with van der Waals surface area (Å²) in [6, 6.07) is 11.2. The Morgan fingerprint density at radius 2 is 1.76 bits per heavy atom. The van der Waals surface area contributed by atoms with Crippen LogP contribution >= 0.6 is 21.6 Å². The molecule has 1 fully saturated rings. The van der Waals surface area contributed by atoms with Crippen molar-refractivity contribution in [2.75, 3.05) is 5.73 Å². The van der Waals surface area contributed by atoms with Crippen LogP contribution in [0.5, 0.6) is 0 Å². The van der Waals surface area contributed by atoms with Crippen molar-refractivity contribution in [2.24, 2.45) is 0 Å². The van der Waals surface area contributed by atoms with Crippen molar-refractivity contribution in [1.29, 1.82) is 0 Å². The van der Waals surface area contributed by atoms with Crippen LogP contribution in [0.4, 0.5) is 18.9 Å². The van der Waals surface area contributed by atoms with Crippen molar-refractivity contribution in [3.05, 3.63) is 82.2 Å². The molecule has 1 aliphatic rings. The zero-order valence-corrected chi connectivity index (χ0v) is 19.8. The summed E-state index contributed by atoms with van der Waals surface area (Å²) in [5, 5.41) is 0. The first-order valence-electron chi connectivity index (χ1n) is 10.5. The second-order valence-electron chi connectivity index (χ2n) is 8.34. The Hall–Kier alpha value is -2.45. The van der Waals surface area contributed by atoms with Crippen LogP contribution < -0.4 is 5.73 Å². The summed E-state index contributed by atoms with van der Waals surface area (Å²) in [4.78, 5) is 18.9. The summed E-state index contributed by atoms with van der Waals surface area (Å²) >= 11 is 0. The van der Waals surface area contributed by atoms with Gasteiger partial charge >= 0.3 is 6.18 Å². The molecule has 0 bridgehead atoms. The van der Waals surface area contributed by atoms with Gasteiger partial charge in [0.15, 0.2) is 5.78 Å². The number of anilines is 1. The summed E-state index contributed by atoms with van der Waals surface area (Å²) in [7, 11) is 2.65. The molecule has 0 radical (unpaired) electrons. The van der Waals surface area contributed by atoms with Crippen molar-refractivity contribution >= 4 is 33.1 Å². The third-order valence-electron chi connectivity index (χ3n) is 5.54. The van der Waals surface area contributed by atoms with E-state index in [2.05, 4.69) is 11.1 Å². The molecule has 3 aromatic rings. The molecule has 33 heavy (non-hydrogen) atoms. The predicted octanol–water partition coefficient (Wildman–Crippen LogP) is 7.40. The molecule has 1 aliphatic carbocycles. The maximum atomic E-state index is 13.0. The van der Waals surface area contributed by atoms with Crippen molar-refractivity contribution in [3.63, 3.8) is 0 Å². The third kappa shape index (κ3) is 5.73. The Morgan fingerprint density at radius 3 is 2.39 bits per heavy atom. The molecular formula is C25H23F3N2OS2. The first-order valence-corrected chi connectivity index (χ1v) is 12.7. The zero-order valence-electron chi connectivity index (χ0n) is 18.2. The number of nitrogens with two attached hydrogens (primary N) is 1. The van der Waals surface area contributed by atoms with Gasteiger partial charge in [-0.3, -0.25) is 9.78 Å². The number of hydrogen-bond donors (Lipinski definition) is 1. The third-order valence-corrected chi connectivity index (χ3v) is 8.08. The minimum absolute atomic E-state index is 0.0543. The molecule has 1 aromatic heterocycles. The van der Waals surface area contributed by atoms with Crippen LogP contribution in [0, 0.1) is 13.8 Å². The summed E-state index contributed by atoms with van der Waals surface area (Å²) in [6.07, 6.45) is -0.0620. The van der Waals surface area contributed by atoms with Gasteiger partial charge in [-0.2, -0.15) is 13.2 Å². The van der Waals surface area contributed by atoms with Crippen LogP contribution in [0.1, 0.15) is 57.1 Å². The van der Waals surface area contributed by atoms with Crippen molar-refractivity contribution in [3.8, 4) is 0 Å². The van der Waals surface area contributed by atoms with E-state index < -0.39 is 11.7 Å². The normalized spacial score (nSPS) is 13.8. The lowest BCUT2D eigenvalue weighted by Crippen LogP contribution is -2.09. The number of nitrogens with zero attached hydrogens (tertiary/aromatic N) is 1. The zero-order chi connectivity index (χ0) is 23.8. The summed E-state index contributed by atoms with van der Waals surface area (Å²) in [6.45, 7) is 3.87. The predicted molar refractivity (Wildman–Crippen MR) is 128 cm³/mol. The number of aryl methyl sites for hydroxylation is 2. The molecule has 3 nitrogen and oxygen atoms in total. The highest BCUT2D eigenvalue weighted by molar-refractivity contribution is 8.76. The minimum Gasteiger partial charge on any atom is -0.398 e. The van der Waals surface area contributed by atoms with Gasteiger partial charge in [-0.25, -0.2) is 0 Å². The second-order valence-corrected chi connectivity index (χ2v) is 10.5. The SMILES string of the molecule is Cc1ccc(SSc2ccc(C(F)(F)F)cc2N)c(CC(=O)c2ncc(C3CC3)cc2C)c1. The largest absolute Gasteiger partial charge is 0.416 e. The summed E-state index contributed by atoms with van der Waals surface area (Å²) in [5.74, 6) is 0.524. The molecule has 0 aliphatic heterocycles. The van der Waals surface area contributed by atoms with Crippen LogP contribution in [0.15, 0.2) is 58.5 Å². The van der Waals surface area contributed by atoms with E-state index in [1.165, 1.54) is 46.1 Å². The number of pyridine rings is 1. The summed E-state index contributed by atoms with van der Waals surface area (Å²) < 4.78 is 38.7. The number of benzene rings is 2. The average Bonchev–Trinajstić information content (AvgIpc) is 3.58. The van der Waals surface area contributed by atoms with E-state index in [0.29, 0.717) is 16.5 Å². The number of carbonyl (C=O) groups is 1. The lowest BCUT2D eigenvalue weighted by atomic mass is 10.0. The topological polar surface area (TPSA) is 56.0 Å². The second kappa shape index (κ2) is 9.43. The van der Waals surface area contributed by atoms with Gasteiger partial charge in [0.1, 0.15) is 5.69 Å². The van der Waals surface area contributed by atoms with Crippen LogP contribution in [0.2, 0.25) is 0 Å². The van der Waals surface area contributed by atoms with E-state index >= 15 is 0 Å². The van der Waals surface area contributed by atoms with Gasteiger partial charge in [-0.15, -0.1) is 0 Å². The number of halogens is 3. The van der Waals surface area contributed by atoms with Gasteiger partial charge in [0.25, 0.3) is 0 Å². The van der Waals surface area contributed by atoms with Crippen molar-refractivity contribution < 1.29 is 18.0 Å².